The van der Waals surface area contributed by atoms with Crippen LogP contribution in [0.25, 0.3) is 0 Å². The van der Waals surface area contributed by atoms with E-state index in [1.54, 1.807) is 17.0 Å². The molecule has 0 saturated heterocycles. The number of halogens is 2. The summed E-state index contributed by atoms with van der Waals surface area (Å²) in [5, 5.41) is 3.88. The van der Waals surface area contributed by atoms with Crippen LogP contribution < -0.4 is 14.8 Å². The Bertz CT molecular complexity index is 998. The largest absolute Gasteiger partial charge is 0.454 e. The van der Waals surface area contributed by atoms with Gasteiger partial charge in [-0.15, -0.1) is 0 Å². The fourth-order valence-corrected chi connectivity index (χ4v) is 4.01. The van der Waals surface area contributed by atoms with Crippen LogP contribution in [0.15, 0.2) is 36.4 Å². The molecule has 1 heterocycles. The molecule has 2 atom stereocenters. The molecule has 0 aliphatic carbocycles. The number of nitrogens with one attached hydrogen (secondary N) is 1. The third-order valence-electron chi connectivity index (χ3n) is 5.79. The highest BCUT2D eigenvalue weighted by Gasteiger charge is 2.29. The topological polar surface area (TPSA) is 67.9 Å². The van der Waals surface area contributed by atoms with E-state index < -0.39 is 6.04 Å². The number of hydrogen-bond donors (Lipinski definition) is 1. The van der Waals surface area contributed by atoms with Crippen LogP contribution in [-0.4, -0.2) is 35.6 Å². The second-order valence-electron chi connectivity index (χ2n) is 8.20. The van der Waals surface area contributed by atoms with Gasteiger partial charge < -0.3 is 19.7 Å². The summed E-state index contributed by atoms with van der Waals surface area (Å²) in [6.45, 7) is 6.35. The minimum absolute atomic E-state index is 0.0297. The van der Waals surface area contributed by atoms with Crippen LogP contribution in [0.1, 0.15) is 51.2 Å². The van der Waals surface area contributed by atoms with Gasteiger partial charge in [0.05, 0.1) is 10.0 Å². The van der Waals surface area contributed by atoms with E-state index in [1.165, 1.54) is 0 Å². The average Bonchev–Trinajstić information content (AvgIpc) is 3.27. The number of carbonyl (C=O) groups excluding carboxylic acids is 2. The number of carbonyl (C=O) groups is 2. The second kappa shape index (κ2) is 11.6. The molecule has 2 aromatic carbocycles. The minimum atomic E-state index is -0.585. The number of ether oxygens (including phenoxy) is 2. The van der Waals surface area contributed by atoms with Crippen LogP contribution in [0.5, 0.6) is 11.5 Å². The van der Waals surface area contributed by atoms with Crippen molar-refractivity contribution in [2.75, 3.05) is 6.79 Å². The lowest BCUT2D eigenvalue weighted by molar-refractivity contribution is -0.141. The molecule has 6 nitrogen and oxygen atoms in total. The summed E-state index contributed by atoms with van der Waals surface area (Å²) in [4.78, 5) is 28.1. The van der Waals surface area contributed by atoms with Gasteiger partial charge in [-0.1, -0.05) is 49.2 Å². The summed E-state index contributed by atoms with van der Waals surface area (Å²) in [6.07, 6.45) is 2.09. The molecule has 178 valence electrons. The van der Waals surface area contributed by atoms with Gasteiger partial charge in [-0.05, 0) is 61.6 Å². The van der Waals surface area contributed by atoms with Gasteiger partial charge in [-0.2, -0.15) is 0 Å². The number of nitrogens with zero attached hydrogens (tertiary/aromatic N) is 1. The van der Waals surface area contributed by atoms with Crippen molar-refractivity contribution in [3.63, 3.8) is 0 Å². The van der Waals surface area contributed by atoms with Crippen molar-refractivity contribution in [1.29, 1.82) is 0 Å². The minimum Gasteiger partial charge on any atom is -0.454 e. The Morgan fingerprint density at radius 2 is 1.73 bits per heavy atom. The monoisotopic (exact) mass is 492 g/mol. The van der Waals surface area contributed by atoms with E-state index in [-0.39, 0.29) is 37.6 Å². The zero-order valence-corrected chi connectivity index (χ0v) is 20.7. The molecule has 8 heteroatoms. The molecule has 2 amide bonds. The molecule has 2 aromatic rings. The standard InChI is InChI=1S/C25H30Cl2N2O4/c1-4-16(3)28-25(31)21(5-2)29(14-18-6-9-19(26)20(27)12-18)24(30)11-8-17-7-10-22-23(13-17)33-15-32-22/h6-7,9-10,12-13,16,21H,4-5,8,11,14-15H2,1-3H3,(H,28,31). The molecule has 1 N–H and O–H groups in total. The molecule has 0 saturated carbocycles. The zero-order chi connectivity index (χ0) is 24.0. The van der Waals surface area contributed by atoms with Crippen molar-refractivity contribution in [1.82, 2.24) is 10.2 Å². The van der Waals surface area contributed by atoms with E-state index in [0.717, 1.165) is 17.5 Å². The fraction of sp³-hybridized carbons (Fsp3) is 0.440. The number of fused-ring (bicyclic) bond motifs is 1. The van der Waals surface area contributed by atoms with Crippen molar-refractivity contribution >= 4 is 35.0 Å². The third-order valence-corrected chi connectivity index (χ3v) is 6.53. The molecule has 0 aromatic heterocycles. The molecule has 33 heavy (non-hydrogen) atoms. The Labute approximate surface area is 205 Å². The van der Waals surface area contributed by atoms with Crippen molar-refractivity contribution < 1.29 is 19.1 Å². The zero-order valence-electron chi connectivity index (χ0n) is 19.2. The summed E-state index contributed by atoms with van der Waals surface area (Å²) in [5.41, 5.74) is 1.79. The molecule has 0 bridgehead atoms. The van der Waals surface area contributed by atoms with Crippen LogP contribution in [0.2, 0.25) is 10.0 Å². The maximum Gasteiger partial charge on any atom is 0.243 e. The molecule has 1 aliphatic heterocycles. The van der Waals surface area contributed by atoms with E-state index in [2.05, 4.69) is 5.32 Å². The van der Waals surface area contributed by atoms with Crippen LogP contribution in [0.3, 0.4) is 0 Å². The predicted molar refractivity (Wildman–Crippen MR) is 130 cm³/mol. The molecule has 3 rings (SSSR count). The van der Waals surface area contributed by atoms with Crippen LogP contribution >= 0.6 is 23.2 Å². The van der Waals surface area contributed by atoms with E-state index in [9.17, 15) is 9.59 Å². The summed E-state index contributed by atoms with van der Waals surface area (Å²) in [7, 11) is 0. The van der Waals surface area contributed by atoms with E-state index >= 15 is 0 Å². The fourth-order valence-electron chi connectivity index (χ4n) is 3.69. The molecular weight excluding hydrogens is 463 g/mol. The van der Waals surface area contributed by atoms with Gasteiger partial charge >= 0.3 is 0 Å². The first kappa shape index (κ1) is 25.2. The van der Waals surface area contributed by atoms with Gasteiger partial charge in [-0.3, -0.25) is 9.59 Å². The molecule has 1 aliphatic rings. The summed E-state index contributed by atoms with van der Waals surface area (Å²) in [6, 6.07) is 10.4. The molecule has 0 spiro atoms. The van der Waals surface area contributed by atoms with Crippen molar-refractivity contribution in [2.45, 2.75) is 65.1 Å². The van der Waals surface area contributed by atoms with Gasteiger partial charge in [0.1, 0.15) is 6.04 Å². The van der Waals surface area contributed by atoms with Gasteiger partial charge in [0, 0.05) is 19.0 Å². The van der Waals surface area contributed by atoms with Crippen molar-refractivity contribution in [2.24, 2.45) is 0 Å². The van der Waals surface area contributed by atoms with E-state index in [4.69, 9.17) is 32.7 Å². The normalized spacial score (nSPS) is 14.0. The van der Waals surface area contributed by atoms with E-state index in [1.807, 2.05) is 45.0 Å². The molecule has 2 unspecified atom stereocenters. The first-order chi connectivity index (χ1) is 15.8. The Kier molecular flexibility index (Phi) is 8.87. The second-order valence-corrected chi connectivity index (χ2v) is 9.01. The summed E-state index contributed by atoms with van der Waals surface area (Å²) < 4.78 is 10.8. The molecule has 0 fully saturated rings. The lowest BCUT2D eigenvalue weighted by Gasteiger charge is -2.31. The molecule has 0 radical (unpaired) electrons. The maximum atomic E-state index is 13.4. The highest BCUT2D eigenvalue weighted by atomic mass is 35.5. The Hall–Kier alpha value is -2.44. The van der Waals surface area contributed by atoms with Crippen LogP contribution in [-0.2, 0) is 22.6 Å². The highest BCUT2D eigenvalue weighted by Crippen LogP contribution is 2.33. The van der Waals surface area contributed by atoms with Crippen molar-refractivity contribution in [3.8, 4) is 11.5 Å². The van der Waals surface area contributed by atoms with Gasteiger partial charge in [0.15, 0.2) is 11.5 Å². The smallest absolute Gasteiger partial charge is 0.243 e. The number of hydrogen-bond acceptors (Lipinski definition) is 4. The lowest BCUT2D eigenvalue weighted by atomic mass is 10.1. The SMILES string of the molecule is CCC(C)NC(=O)C(CC)N(Cc1ccc(Cl)c(Cl)c1)C(=O)CCc1ccc2c(c1)OCO2. The first-order valence-corrected chi connectivity index (χ1v) is 12.0. The van der Waals surface area contributed by atoms with Gasteiger partial charge in [0.2, 0.25) is 18.6 Å². The first-order valence-electron chi connectivity index (χ1n) is 11.2. The Morgan fingerprint density at radius 1 is 1.00 bits per heavy atom. The highest BCUT2D eigenvalue weighted by molar-refractivity contribution is 6.42. The Morgan fingerprint density at radius 3 is 2.42 bits per heavy atom. The third kappa shape index (κ3) is 6.55. The average molecular weight is 493 g/mol. The summed E-state index contributed by atoms with van der Waals surface area (Å²) in [5.74, 6) is 1.14. The number of rotatable bonds is 10. The van der Waals surface area contributed by atoms with Gasteiger partial charge in [-0.25, -0.2) is 0 Å². The maximum absolute atomic E-state index is 13.4. The van der Waals surface area contributed by atoms with Crippen molar-refractivity contribution in [3.05, 3.63) is 57.6 Å². The summed E-state index contributed by atoms with van der Waals surface area (Å²) >= 11 is 12.2. The quantitative estimate of drug-likeness (QED) is 0.483. The van der Waals surface area contributed by atoms with E-state index in [0.29, 0.717) is 34.4 Å². The van der Waals surface area contributed by atoms with Crippen LogP contribution in [0.4, 0.5) is 0 Å². The predicted octanol–water partition coefficient (Wildman–Crippen LogP) is 5.38. The lowest BCUT2D eigenvalue weighted by Crippen LogP contribution is -2.50. The molecular formula is C25H30Cl2N2O4. The van der Waals surface area contributed by atoms with Crippen LogP contribution in [0, 0.1) is 0 Å². The Balaban J connectivity index is 1.78. The number of amides is 2. The van der Waals surface area contributed by atoms with Gasteiger partial charge in [0.25, 0.3) is 0 Å². The number of benzene rings is 2. The number of aryl methyl sites for hydroxylation is 1.